The van der Waals surface area contributed by atoms with Gasteiger partial charge in [-0.3, -0.25) is 0 Å². The molecule has 1 aromatic heterocycles. The van der Waals surface area contributed by atoms with Gasteiger partial charge < -0.3 is 9.73 Å². The molecule has 0 spiro atoms. The first-order valence-corrected chi connectivity index (χ1v) is 5.73. The summed E-state index contributed by atoms with van der Waals surface area (Å²) < 4.78 is 6.58. The Balaban J connectivity index is 2.35. The molecule has 0 aliphatic carbocycles. The van der Waals surface area contributed by atoms with Crippen LogP contribution in [0.2, 0.25) is 0 Å². The van der Waals surface area contributed by atoms with Crippen LogP contribution in [0.3, 0.4) is 0 Å². The predicted molar refractivity (Wildman–Crippen MR) is 64.9 cm³/mol. The zero-order valence-corrected chi connectivity index (χ0v) is 10.7. The molecule has 16 heavy (non-hydrogen) atoms. The molecule has 1 aromatic carbocycles. The summed E-state index contributed by atoms with van der Waals surface area (Å²) in [7, 11) is 1.84. The maximum absolute atomic E-state index is 5.53. The number of benzene rings is 1. The zero-order valence-electron chi connectivity index (χ0n) is 9.12. The minimum absolute atomic E-state index is 0.565. The molecule has 5 heteroatoms. The van der Waals surface area contributed by atoms with E-state index in [1.54, 1.807) is 0 Å². The van der Waals surface area contributed by atoms with E-state index in [-0.39, 0.29) is 0 Å². The molecule has 1 heterocycles. The summed E-state index contributed by atoms with van der Waals surface area (Å²) in [5, 5.41) is 10.9. The van der Waals surface area contributed by atoms with Crippen LogP contribution in [-0.4, -0.2) is 17.2 Å². The number of halogens is 1. The lowest BCUT2D eigenvalue weighted by atomic mass is 10.1. The minimum atomic E-state index is 0.565. The maximum Gasteiger partial charge on any atom is 0.248 e. The number of hydrogen-bond acceptors (Lipinski definition) is 4. The highest BCUT2D eigenvalue weighted by Gasteiger charge is 2.10. The van der Waals surface area contributed by atoms with E-state index >= 15 is 0 Å². The van der Waals surface area contributed by atoms with E-state index in [4.69, 9.17) is 4.42 Å². The van der Waals surface area contributed by atoms with E-state index in [2.05, 4.69) is 31.4 Å². The second-order valence-corrected chi connectivity index (χ2v) is 4.41. The van der Waals surface area contributed by atoms with E-state index in [1.165, 1.54) is 0 Å². The van der Waals surface area contributed by atoms with Crippen molar-refractivity contribution in [2.24, 2.45) is 0 Å². The zero-order chi connectivity index (χ0) is 11.5. The Morgan fingerprint density at radius 2 is 2.19 bits per heavy atom. The highest BCUT2D eigenvalue weighted by Crippen LogP contribution is 2.24. The SMILES string of the molecule is CNCc1nnc(-c2ccc(Br)cc2C)o1. The van der Waals surface area contributed by atoms with Crippen LogP contribution in [0.4, 0.5) is 0 Å². The fourth-order valence-electron chi connectivity index (χ4n) is 1.45. The van der Waals surface area contributed by atoms with Gasteiger partial charge in [0.05, 0.1) is 6.54 Å². The molecular weight excluding hydrogens is 270 g/mol. The highest BCUT2D eigenvalue weighted by molar-refractivity contribution is 9.10. The van der Waals surface area contributed by atoms with Crippen molar-refractivity contribution in [2.45, 2.75) is 13.5 Å². The van der Waals surface area contributed by atoms with Gasteiger partial charge >= 0.3 is 0 Å². The Morgan fingerprint density at radius 3 is 2.88 bits per heavy atom. The number of aromatic nitrogens is 2. The first kappa shape index (κ1) is 11.3. The van der Waals surface area contributed by atoms with Crippen molar-refractivity contribution in [1.82, 2.24) is 15.5 Å². The number of rotatable bonds is 3. The molecule has 0 unspecified atom stereocenters. The number of hydrogen-bond donors (Lipinski definition) is 1. The molecule has 0 fully saturated rings. The van der Waals surface area contributed by atoms with Gasteiger partial charge in [0.25, 0.3) is 0 Å². The molecule has 2 rings (SSSR count). The van der Waals surface area contributed by atoms with Crippen molar-refractivity contribution < 1.29 is 4.42 Å². The van der Waals surface area contributed by atoms with Crippen LogP contribution in [0.5, 0.6) is 0 Å². The molecule has 2 aromatic rings. The molecule has 0 aliphatic heterocycles. The smallest absolute Gasteiger partial charge is 0.248 e. The van der Waals surface area contributed by atoms with Crippen LogP contribution in [0, 0.1) is 6.92 Å². The monoisotopic (exact) mass is 281 g/mol. The van der Waals surface area contributed by atoms with E-state index in [0.717, 1.165) is 15.6 Å². The second-order valence-electron chi connectivity index (χ2n) is 3.49. The van der Waals surface area contributed by atoms with Gasteiger partial charge in [0.15, 0.2) is 0 Å². The molecule has 84 valence electrons. The van der Waals surface area contributed by atoms with Gasteiger partial charge in [-0.15, -0.1) is 10.2 Å². The maximum atomic E-state index is 5.53. The van der Waals surface area contributed by atoms with Crippen LogP contribution >= 0.6 is 15.9 Å². The molecule has 0 amide bonds. The average Bonchev–Trinajstić information content (AvgIpc) is 2.67. The van der Waals surface area contributed by atoms with Crippen LogP contribution in [0.25, 0.3) is 11.5 Å². The Hall–Kier alpha value is -1.20. The molecule has 0 aliphatic rings. The molecule has 0 saturated heterocycles. The van der Waals surface area contributed by atoms with Crippen LogP contribution in [0.15, 0.2) is 27.1 Å². The van der Waals surface area contributed by atoms with Gasteiger partial charge in [-0.1, -0.05) is 15.9 Å². The summed E-state index contributed by atoms with van der Waals surface area (Å²) in [5.41, 5.74) is 2.08. The Bertz CT molecular complexity index is 496. The normalized spacial score (nSPS) is 10.7. The van der Waals surface area contributed by atoms with E-state index in [0.29, 0.717) is 18.3 Å². The van der Waals surface area contributed by atoms with Gasteiger partial charge in [0.2, 0.25) is 11.8 Å². The van der Waals surface area contributed by atoms with Crippen molar-refractivity contribution in [3.63, 3.8) is 0 Å². The fraction of sp³-hybridized carbons (Fsp3) is 0.273. The lowest BCUT2D eigenvalue weighted by Gasteiger charge is -2.00. The van der Waals surface area contributed by atoms with E-state index in [9.17, 15) is 0 Å². The van der Waals surface area contributed by atoms with Crippen molar-refractivity contribution in [1.29, 1.82) is 0 Å². The van der Waals surface area contributed by atoms with Gasteiger partial charge in [-0.25, -0.2) is 0 Å². The lowest BCUT2D eigenvalue weighted by molar-refractivity contribution is 0.490. The van der Waals surface area contributed by atoms with Crippen molar-refractivity contribution >= 4 is 15.9 Å². The van der Waals surface area contributed by atoms with E-state index in [1.807, 2.05) is 32.2 Å². The third-order valence-corrected chi connectivity index (χ3v) is 2.71. The second kappa shape index (κ2) is 4.76. The van der Waals surface area contributed by atoms with Crippen LogP contribution < -0.4 is 5.32 Å². The summed E-state index contributed by atoms with van der Waals surface area (Å²) in [6.07, 6.45) is 0. The largest absolute Gasteiger partial charge is 0.419 e. The minimum Gasteiger partial charge on any atom is -0.419 e. The standard InChI is InChI=1S/C11H12BrN3O/c1-7-5-8(12)3-4-9(7)11-15-14-10(16-11)6-13-2/h3-5,13H,6H2,1-2H3. The molecule has 0 saturated carbocycles. The Morgan fingerprint density at radius 1 is 1.38 bits per heavy atom. The summed E-state index contributed by atoms with van der Waals surface area (Å²) in [6, 6.07) is 5.96. The number of nitrogens with zero attached hydrogens (tertiary/aromatic N) is 2. The Labute approximate surface area is 102 Å². The fourth-order valence-corrected chi connectivity index (χ4v) is 1.93. The predicted octanol–water partition coefficient (Wildman–Crippen LogP) is 2.53. The van der Waals surface area contributed by atoms with E-state index < -0.39 is 0 Å². The lowest BCUT2D eigenvalue weighted by Crippen LogP contribution is -2.04. The number of aryl methyl sites for hydroxylation is 1. The van der Waals surface area contributed by atoms with Gasteiger partial charge in [0.1, 0.15) is 0 Å². The first-order valence-electron chi connectivity index (χ1n) is 4.94. The van der Waals surface area contributed by atoms with Crippen molar-refractivity contribution in [2.75, 3.05) is 7.05 Å². The molecule has 4 nitrogen and oxygen atoms in total. The summed E-state index contributed by atoms with van der Waals surface area (Å²) in [5.74, 6) is 1.16. The van der Waals surface area contributed by atoms with Gasteiger partial charge in [0, 0.05) is 10.0 Å². The number of nitrogens with one attached hydrogen (secondary N) is 1. The van der Waals surface area contributed by atoms with Crippen molar-refractivity contribution in [3.8, 4) is 11.5 Å². The molecular formula is C11H12BrN3O. The first-order chi connectivity index (χ1) is 7.70. The Kier molecular flexibility index (Phi) is 3.36. The topological polar surface area (TPSA) is 51.0 Å². The average molecular weight is 282 g/mol. The van der Waals surface area contributed by atoms with Crippen LogP contribution in [-0.2, 0) is 6.54 Å². The third-order valence-electron chi connectivity index (χ3n) is 2.21. The molecule has 0 atom stereocenters. The van der Waals surface area contributed by atoms with Gasteiger partial charge in [-0.05, 0) is 37.7 Å². The molecule has 0 radical (unpaired) electrons. The highest BCUT2D eigenvalue weighted by atomic mass is 79.9. The van der Waals surface area contributed by atoms with Crippen molar-refractivity contribution in [3.05, 3.63) is 34.1 Å². The summed E-state index contributed by atoms with van der Waals surface area (Å²) in [6.45, 7) is 2.60. The quantitative estimate of drug-likeness (QED) is 0.939. The summed E-state index contributed by atoms with van der Waals surface area (Å²) >= 11 is 3.42. The third kappa shape index (κ3) is 2.31. The summed E-state index contributed by atoms with van der Waals surface area (Å²) in [4.78, 5) is 0. The molecule has 0 bridgehead atoms. The van der Waals surface area contributed by atoms with Crippen LogP contribution in [0.1, 0.15) is 11.5 Å². The molecule has 1 N–H and O–H groups in total. The van der Waals surface area contributed by atoms with Gasteiger partial charge in [-0.2, -0.15) is 0 Å².